The maximum atomic E-state index is 12.6. The molecule has 0 aromatic heterocycles. The van der Waals surface area contributed by atoms with Crippen LogP contribution in [0.2, 0.25) is 0 Å². The number of carbonyl (C=O) groups is 2. The van der Waals surface area contributed by atoms with Crippen molar-refractivity contribution in [2.24, 2.45) is 0 Å². The molecule has 0 heterocycles. The molecule has 2 rings (SSSR count). The average molecular weight is 410 g/mol. The highest BCUT2D eigenvalue weighted by atomic mass is 19.4. The van der Waals surface area contributed by atoms with Crippen molar-refractivity contribution in [3.63, 3.8) is 0 Å². The van der Waals surface area contributed by atoms with Gasteiger partial charge in [0.15, 0.2) is 0 Å². The first kappa shape index (κ1) is 22.2. The van der Waals surface area contributed by atoms with Gasteiger partial charge in [0.25, 0.3) is 0 Å². The number of alkyl halides is 3. The number of amides is 2. The summed E-state index contributed by atoms with van der Waals surface area (Å²) in [6.45, 7) is -0.0588. The van der Waals surface area contributed by atoms with Crippen molar-refractivity contribution in [2.75, 3.05) is 13.7 Å². The van der Waals surface area contributed by atoms with Gasteiger partial charge in [-0.05, 0) is 23.3 Å². The van der Waals surface area contributed by atoms with Crippen molar-refractivity contribution in [3.8, 4) is 0 Å². The molecule has 0 saturated heterocycles. The summed E-state index contributed by atoms with van der Waals surface area (Å²) in [4.78, 5) is 24.2. The van der Waals surface area contributed by atoms with E-state index in [-0.39, 0.29) is 19.8 Å². The van der Waals surface area contributed by atoms with Crippen LogP contribution < -0.4 is 10.6 Å². The summed E-state index contributed by atoms with van der Waals surface area (Å²) in [5, 5.41) is 4.96. The van der Waals surface area contributed by atoms with E-state index in [4.69, 9.17) is 9.47 Å². The molecule has 2 amide bonds. The summed E-state index contributed by atoms with van der Waals surface area (Å²) in [7, 11) is 1.37. The normalized spacial score (nSPS) is 12.1. The minimum atomic E-state index is -4.42. The zero-order valence-electron chi connectivity index (χ0n) is 15.7. The number of alkyl carbamates (subject to hydrolysis) is 1. The van der Waals surface area contributed by atoms with E-state index in [1.165, 1.54) is 19.2 Å². The lowest BCUT2D eigenvalue weighted by Crippen LogP contribution is -2.49. The number of halogens is 3. The van der Waals surface area contributed by atoms with Crippen molar-refractivity contribution in [3.05, 3.63) is 71.3 Å². The number of hydrogen-bond acceptors (Lipinski definition) is 4. The molecule has 0 spiro atoms. The van der Waals surface area contributed by atoms with Crippen LogP contribution in [0, 0.1) is 0 Å². The van der Waals surface area contributed by atoms with Gasteiger partial charge in [-0.25, -0.2) is 4.79 Å². The van der Waals surface area contributed by atoms with Gasteiger partial charge in [-0.1, -0.05) is 42.5 Å². The molecule has 0 aliphatic carbocycles. The second kappa shape index (κ2) is 10.5. The highest BCUT2D eigenvalue weighted by Crippen LogP contribution is 2.29. The van der Waals surface area contributed by atoms with Crippen LogP contribution >= 0.6 is 0 Å². The Labute approximate surface area is 166 Å². The van der Waals surface area contributed by atoms with E-state index in [2.05, 4.69) is 10.6 Å². The molecule has 6 nitrogen and oxygen atoms in total. The summed E-state index contributed by atoms with van der Waals surface area (Å²) in [5.41, 5.74) is 0.500. The van der Waals surface area contributed by atoms with Crippen molar-refractivity contribution < 1.29 is 32.2 Å². The first-order valence-electron chi connectivity index (χ1n) is 8.69. The monoisotopic (exact) mass is 410 g/mol. The predicted molar refractivity (Wildman–Crippen MR) is 98.7 cm³/mol. The third-order valence-electron chi connectivity index (χ3n) is 3.90. The maximum absolute atomic E-state index is 12.6. The van der Waals surface area contributed by atoms with Gasteiger partial charge in [-0.15, -0.1) is 0 Å². The summed E-state index contributed by atoms with van der Waals surface area (Å²) in [6, 6.07) is 12.4. The summed E-state index contributed by atoms with van der Waals surface area (Å²) >= 11 is 0. The Bertz CT molecular complexity index is 796. The van der Waals surface area contributed by atoms with Crippen LogP contribution in [0.4, 0.5) is 18.0 Å². The second-order valence-electron chi connectivity index (χ2n) is 6.13. The molecule has 0 bridgehead atoms. The molecular weight excluding hydrogens is 389 g/mol. The number of ether oxygens (including phenoxy) is 2. The minimum Gasteiger partial charge on any atom is -0.445 e. The lowest BCUT2D eigenvalue weighted by Gasteiger charge is -2.18. The number of hydrogen-bond donors (Lipinski definition) is 2. The van der Waals surface area contributed by atoms with Gasteiger partial charge in [0, 0.05) is 13.7 Å². The molecule has 9 heteroatoms. The number of methoxy groups -OCH3 is 1. The largest absolute Gasteiger partial charge is 0.445 e. The lowest BCUT2D eigenvalue weighted by atomic mass is 10.1. The van der Waals surface area contributed by atoms with E-state index in [1.54, 1.807) is 24.3 Å². The van der Waals surface area contributed by atoms with Gasteiger partial charge in [0.1, 0.15) is 12.6 Å². The minimum absolute atomic E-state index is 0.00206. The summed E-state index contributed by atoms with van der Waals surface area (Å²) in [5.74, 6) is -0.552. The number of carbonyl (C=O) groups excluding carboxylic acids is 2. The van der Waals surface area contributed by atoms with Crippen molar-refractivity contribution in [2.45, 2.75) is 25.4 Å². The van der Waals surface area contributed by atoms with E-state index in [9.17, 15) is 22.8 Å². The maximum Gasteiger partial charge on any atom is 0.416 e. The van der Waals surface area contributed by atoms with Gasteiger partial charge in [-0.2, -0.15) is 13.2 Å². The molecule has 0 fully saturated rings. The first-order chi connectivity index (χ1) is 13.8. The Morgan fingerprint density at radius 3 is 2.24 bits per heavy atom. The molecule has 2 aromatic carbocycles. The fourth-order valence-corrected chi connectivity index (χ4v) is 2.38. The third-order valence-corrected chi connectivity index (χ3v) is 3.90. The van der Waals surface area contributed by atoms with Crippen LogP contribution in [0.25, 0.3) is 0 Å². The van der Waals surface area contributed by atoms with E-state index in [0.29, 0.717) is 5.56 Å². The Morgan fingerprint density at radius 1 is 1.00 bits per heavy atom. The van der Waals surface area contributed by atoms with Crippen molar-refractivity contribution in [1.29, 1.82) is 0 Å². The van der Waals surface area contributed by atoms with Gasteiger partial charge in [0.2, 0.25) is 5.91 Å². The number of nitrogens with one attached hydrogen (secondary N) is 2. The van der Waals surface area contributed by atoms with E-state index >= 15 is 0 Å². The van der Waals surface area contributed by atoms with Gasteiger partial charge >= 0.3 is 12.3 Å². The van der Waals surface area contributed by atoms with Crippen LogP contribution in [0.3, 0.4) is 0 Å². The fourth-order valence-electron chi connectivity index (χ4n) is 2.38. The molecular formula is C20H21F3N2O4. The number of benzene rings is 2. The van der Waals surface area contributed by atoms with Gasteiger partial charge in [-0.3, -0.25) is 4.79 Å². The highest BCUT2D eigenvalue weighted by Gasteiger charge is 2.30. The molecule has 0 aliphatic rings. The van der Waals surface area contributed by atoms with Crippen molar-refractivity contribution >= 4 is 12.0 Å². The fraction of sp³-hybridized carbons (Fsp3) is 0.300. The topological polar surface area (TPSA) is 76.7 Å². The zero-order chi connectivity index (χ0) is 21.3. The summed E-state index contributed by atoms with van der Waals surface area (Å²) in [6.07, 6.45) is -5.21. The molecule has 0 radical (unpaired) electrons. The smallest absolute Gasteiger partial charge is 0.416 e. The molecule has 1 atom stereocenters. The standard InChI is InChI=1S/C20H21F3N2O4/c1-28-13-17(25-19(27)29-12-15-5-3-2-4-6-15)18(26)24-11-14-7-9-16(10-8-14)20(21,22)23/h2-10,17H,11-13H2,1H3,(H,24,26)(H,25,27)/t17-/m1/s1. The Hall–Kier alpha value is -3.07. The Kier molecular flexibility index (Phi) is 8.02. The average Bonchev–Trinajstić information content (AvgIpc) is 2.70. The first-order valence-corrected chi connectivity index (χ1v) is 8.69. The molecule has 2 N–H and O–H groups in total. The van der Waals surface area contributed by atoms with E-state index < -0.39 is 29.8 Å². The molecule has 29 heavy (non-hydrogen) atoms. The Balaban J connectivity index is 1.85. The SMILES string of the molecule is COC[C@@H](NC(=O)OCc1ccccc1)C(=O)NCc1ccc(C(F)(F)F)cc1. The predicted octanol–water partition coefficient (Wildman–Crippen LogP) is 3.26. The highest BCUT2D eigenvalue weighted by molar-refractivity contribution is 5.85. The molecule has 156 valence electrons. The van der Waals surface area contributed by atoms with Crippen LogP contribution in [0.15, 0.2) is 54.6 Å². The molecule has 0 unspecified atom stereocenters. The van der Waals surface area contributed by atoms with Crippen LogP contribution in [-0.2, 0) is 33.6 Å². The summed E-state index contributed by atoms with van der Waals surface area (Å²) < 4.78 is 47.8. The Morgan fingerprint density at radius 2 is 1.66 bits per heavy atom. The second-order valence-corrected chi connectivity index (χ2v) is 6.13. The molecule has 0 aliphatic heterocycles. The van der Waals surface area contributed by atoms with Gasteiger partial charge < -0.3 is 20.1 Å². The quantitative estimate of drug-likeness (QED) is 0.701. The zero-order valence-corrected chi connectivity index (χ0v) is 15.7. The number of rotatable bonds is 8. The van der Waals surface area contributed by atoms with Crippen LogP contribution in [-0.4, -0.2) is 31.8 Å². The van der Waals surface area contributed by atoms with Crippen molar-refractivity contribution in [1.82, 2.24) is 10.6 Å². The van der Waals surface area contributed by atoms with Crippen LogP contribution in [0.1, 0.15) is 16.7 Å². The van der Waals surface area contributed by atoms with Gasteiger partial charge in [0.05, 0.1) is 12.2 Å². The lowest BCUT2D eigenvalue weighted by molar-refractivity contribution is -0.137. The van der Waals surface area contributed by atoms with E-state index in [1.807, 2.05) is 6.07 Å². The van der Waals surface area contributed by atoms with Crippen LogP contribution in [0.5, 0.6) is 0 Å². The third kappa shape index (κ3) is 7.46. The van der Waals surface area contributed by atoms with E-state index in [0.717, 1.165) is 17.7 Å². The molecule has 0 saturated carbocycles. The molecule has 2 aromatic rings.